The SMILES string of the molecule is CN=C(NCCCN1CCC(C)CC1)NCCS(=O)C(C)(C)C.I. The summed E-state index contributed by atoms with van der Waals surface area (Å²) in [6.07, 6.45) is 3.80. The molecule has 7 heteroatoms. The fraction of sp³-hybridized carbons (Fsp3) is 0.941. The Morgan fingerprint density at radius 2 is 1.79 bits per heavy atom. The molecule has 0 bridgehead atoms. The molecule has 0 saturated carbocycles. The maximum Gasteiger partial charge on any atom is 0.191 e. The van der Waals surface area contributed by atoms with Crippen LogP contribution in [0.5, 0.6) is 0 Å². The summed E-state index contributed by atoms with van der Waals surface area (Å²) >= 11 is 0. The van der Waals surface area contributed by atoms with Crippen LogP contribution in [0.2, 0.25) is 0 Å². The zero-order valence-electron chi connectivity index (χ0n) is 16.1. The number of aliphatic imine (C=N–C) groups is 1. The summed E-state index contributed by atoms with van der Waals surface area (Å²) in [5.41, 5.74) is 0. The monoisotopic (exact) mass is 472 g/mol. The van der Waals surface area contributed by atoms with Gasteiger partial charge in [-0.25, -0.2) is 0 Å². The van der Waals surface area contributed by atoms with Gasteiger partial charge < -0.3 is 15.5 Å². The van der Waals surface area contributed by atoms with E-state index in [-0.39, 0.29) is 28.7 Å². The Morgan fingerprint density at radius 3 is 2.33 bits per heavy atom. The minimum atomic E-state index is -0.821. The number of halogens is 1. The normalized spacial score (nSPS) is 18.8. The van der Waals surface area contributed by atoms with Crippen molar-refractivity contribution in [1.82, 2.24) is 15.5 Å². The van der Waals surface area contributed by atoms with Gasteiger partial charge in [-0.3, -0.25) is 9.20 Å². The molecule has 5 nitrogen and oxygen atoms in total. The van der Waals surface area contributed by atoms with Gasteiger partial charge >= 0.3 is 0 Å². The first-order valence-corrected chi connectivity index (χ1v) is 10.2. The van der Waals surface area contributed by atoms with Gasteiger partial charge in [0, 0.05) is 41.4 Å². The van der Waals surface area contributed by atoms with Crippen LogP contribution in [0, 0.1) is 5.92 Å². The lowest BCUT2D eigenvalue weighted by Gasteiger charge is -2.30. The summed E-state index contributed by atoms with van der Waals surface area (Å²) in [4.78, 5) is 6.78. The minimum Gasteiger partial charge on any atom is -0.356 e. The van der Waals surface area contributed by atoms with E-state index in [9.17, 15) is 4.21 Å². The van der Waals surface area contributed by atoms with Gasteiger partial charge in [0.25, 0.3) is 0 Å². The van der Waals surface area contributed by atoms with Crippen molar-refractivity contribution in [2.45, 2.75) is 51.7 Å². The second-order valence-corrected chi connectivity index (χ2v) is 9.79. The first-order chi connectivity index (χ1) is 10.8. The van der Waals surface area contributed by atoms with Gasteiger partial charge in [-0.2, -0.15) is 0 Å². The van der Waals surface area contributed by atoms with Gasteiger partial charge in [0.15, 0.2) is 5.96 Å². The van der Waals surface area contributed by atoms with Crippen LogP contribution in [-0.4, -0.2) is 65.3 Å². The molecule has 1 unspecified atom stereocenters. The number of hydrogen-bond acceptors (Lipinski definition) is 3. The Labute approximate surface area is 168 Å². The molecule has 24 heavy (non-hydrogen) atoms. The quantitative estimate of drug-likeness (QED) is 0.259. The summed E-state index contributed by atoms with van der Waals surface area (Å²) in [6.45, 7) is 13.6. The molecule has 1 saturated heterocycles. The molecule has 0 aromatic rings. The summed E-state index contributed by atoms with van der Waals surface area (Å²) in [5.74, 6) is 2.35. The Hall–Kier alpha value is 0.110. The summed E-state index contributed by atoms with van der Waals surface area (Å²) < 4.78 is 11.8. The lowest BCUT2D eigenvalue weighted by Crippen LogP contribution is -2.41. The smallest absolute Gasteiger partial charge is 0.191 e. The molecule has 144 valence electrons. The van der Waals surface area contributed by atoms with Gasteiger partial charge in [-0.1, -0.05) is 6.92 Å². The molecule has 0 aromatic heterocycles. The van der Waals surface area contributed by atoms with Crippen LogP contribution >= 0.6 is 24.0 Å². The third-order valence-electron chi connectivity index (χ3n) is 4.31. The molecule has 2 N–H and O–H groups in total. The van der Waals surface area contributed by atoms with E-state index in [2.05, 4.69) is 27.4 Å². The zero-order chi connectivity index (χ0) is 17.3. The summed E-state index contributed by atoms with van der Waals surface area (Å²) in [6, 6.07) is 0. The van der Waals surface area contributed by atoms with E-state index in [0.717, 1.165) is 31.4 Å². The van der Waals surface area contributed by atoms with Gasteiger partial charge in [0.1, 0.15) is 0 Å². The highest BCUT2D eigenvalue weighted by molar-refractivity contribution is 14.0. The topological polar surface area (TPSA) is 56.7 Å². The molecular weight excluding hydrogens is 435 g/mol. The second kappa shape index (κ2) is 12.5. The van der Waals surface area contributed by atoms with Crippen LogP contribution in [0.25, 0.3) is 0 Å². The molecule has 0 spiro atoms. The average molecular weight is 472 g/mol. The van der Waals surface area contributed by atoms with E-state index in [1.807, 2.05) is 20.8 Å². The van der Waals surface area contributed by atoms with Crippen LogP contribution in [0.4, 0.5) is 0 Å². The Balaban J connectivity index is 0.00000529. The van der Waals surface area contributed by atoms with Crippen LogP contribution in [0.3, 0.4) is 0 Å². The van der Waals surface area contributed by atoms with E-state index in [4.69, 9.17) is 0 Å². The van der Waals surface area contributed by atoms with Crippen LogP contribution in [0.1, 0.15) is 47.0 Å². The zero-order valence-corrected chi connectivity index (χ0v) is 19.2. The highest BCUT2D eigenvalue weighted by Crippen LogP contribution is 2.15. The number of nitrogens with zero attached hydrogens (tertiary/aromatic N) is 2. The van der Waals surface area contributed by atoms with Gasteiger partial charge in [-0.05, 0) is 65.6 Å². The second-order valence-electron chi connectivity index (χ2n) is 7.47. The van der Waals surface area contributed by atoms with Crippen LogP contribution in [-0.2, 0) is 10.8 Å². The molecule has 0 radical (unpaired) electrons. The third kappa shape index (κ3) is 10.2. The fourth-order valence-corrected chi connectivity index (χ4v) is 3.48. The lowest BCUT2D eigenvalue weighted by molar-refractivity contribution is 0.191. The molecule has 1 atom stereocenters. The number of rotatable bonds is 7. The Morgan fingerprint density at radius 1 is 1.21 bits per heavy atom. The predicted octanol–water partition coefficient (Wildman–Crippen LogP) is 2.44. The molecule has 0 aromatic carbocycles. The van der Waals surface area contributed by atoms with Crippen molar-refractivity contribution < 1.29 is 4.21 Å². The molecule has 1 fully saturated rings. The van der Waals surface area contributed by atoms with Crippen molar-refractivity contribution in [3.05, 3.63) is 0 Å². The highest BCUT2D eigenvalue weighted by atomic mass is 127. The number of nitrogens with one attached hydrogen (secondary N) is 2. The number of piperidine rings is 1. The summed E-state index contributed by atoms with van der Waals surface area (Å²) in [5, 5.41) is 6.59. The molecule has 1 rings (SSSR count). The van der Waals surface area contributed by atoms with Crippen LogP contribution in [0.15, 0.2) is 4.99 Å². The van der Waals surface area contributed by atoms with Crippen molar-refractivity contribution in [3.8, 4) is 0 Å². The fourth-order valence-electron chi connectivity index (χ4n) is 2.58. The van der Waals surface area contributed by atoms with Crippen molar-refractivity contribution in [2.75, 3.05) is 45.5 Å². The molecule has 0 amide bonds. The van der Waals surface area contributed by atoms with E-state index in [0.29, 0.717) is 12.3 Å². The van der Waals surface area contributed by atoms with Gasteiger partial charge in [0.2, 0.25) is 0 Å². The third-order valence-corrected chi connectivity index (χ3v) is 6.25. The Bertz CT molecular complexity index is 391. The average Bonchev–Trinajstić information content (AvgIpc) is 2.50. The highest BCUT2D eigenvalue weighted by Gasteiger charge is 2.18. The van der Waals surface area contributed by atoms with E-state index >= 15 is 0 Å². The largest absolute Gasteiger partial charge is 0.356 e. The van der Waals surface area contributed by atoms with Crippen molar-refractivity contribution in [3.63, 3.8) is 0 Å². The Kier molecular flexibility index (Phi) is 12.5. The molecule has 1 aliphatic rings. The van der Waals surface area contributed by atoms with Gasteiger partial charge in [0.05, 0.1) is 0 Å². The van der Waals surface area contributed by atoms with Crippen molar-refractivity contribution >= 4 is 40.7 Å². The minimum absolute atomic E-state index is 0. The van der Waals surface area contributed by atoms with E-state index < -0.39 is 10.8 Å². The maximum atomic E-state index is 12.0. The lowest BCUT2D eigenvalue weighted by atomic mass is 9.99. The molecule has 0 aliphatic carbocycles. The number of guanidine groups is 1. The maximum absolute atomic E-state index is 12.0. The number of likely N-dealkylation sites (tertiary alicyclic amines) is 1. The molecule has 1 aliphatic heterocycles. The van der Waals surface area contributed by atoms with Crippen molar-refractivity contribution in [1.29, 1.82) is 0 Å². The van der Waals surface area contributed by atoms with Crippen molar-refractivity contribution in [2.24, 2.45) is 10.9 Å². The standard InChI is InChI=1S/C17H36N4OS.HI/c1-15-7-12-21(13-8-15)11-6-9-19-16(18-5)20-10-14-23(22)17(2,3)4;/h15H,6-14H2,1-5H3,(H2,18,19,20);1H. The predicted molar refractivity (Wildman–Crippen MR) is 117 cm³/mol. The first kappa shape index (κ1) is 24.1. The first-order valence-electron chi connectivity index (χ1n) is 8.88. The number of hydrogen-bond donors (Lipinski definition) is 2. The van der Waals surface area contributed by atoms with E-state index in [1.165, 1.54) is 25.9 Å². The molecule has 1 heterocycles. The van der Waals surface area contributed by atoms with Gasteiger partial charge in [-0.15, -0.1) is 24.0 Å². The molecular formula is C17H37IN4OS. The van der Waals surface area contributed by atoms with Crippen LogP contribution < -0.4 is 10.6 Å². The van der Waals surface area contributed by atoms with E-state index in [1.54, 1.807) is 7.05 Å². The summed E-state index contributed by atoms with van der Waals surface area (Å²) in [7, 11) is 0.958.